The van der Waals surface area contributed by atoms with Crippen LogP contribution in [0.4, 0.5) is 0 Å². The number of likely N-dealkylation sites (tertiary alicyclic amines) is 1. The minimum atomic E-state index is 0.513. The monoisotopic (exact) mass is 263 g/mol. The Labute approximate surface area is 115 Å². The molecule has 0 radical (unpaired) electrons. The summed E-state index contributed by atoms with van der Waals surface area (Å²) >= 11 is 0. The van der Waals surface area contributed by atoms with Gasteiger partial charge in [0.2, 0.25) is 0 Å². The van der Waals surface area contributed by atoms with Crippen LogP contribution in [-0.4, -0.2) is 35.7 Å². The Morgan fingerprint density at radius 1 is 1.37 bits per heavy atom. The van der Waals surface area contributed by atoms with E-state index in [0.29, 0.717) is 12.0 Å². The zero-order valence-corrected chi connectivity index (χ0v) is 11.9. The minimum Gasteiger partial charge on any atom is -0.361 e. The van der Waals surface area contributed by atoms with E-state index < -0.39 is 0 Å². The third-order valence-electron chi connectivity index (χ3n) is 4.17. The van der Waals surface area contributed by atoms with Crippen LogP contribution in [0.1, 0.15) is 56.4 Å². The summed E-state index contributed by atoms with van der Waals surface area (Å²) in [5.41, 5.74) is 1.05. The predicted molar refractivity (Wildman–Crippen MR) is 75.1 cm³/mol. The fourth-order valence-corrected chi connectivity index (χ4v) is 2.84. The van der Waals surface area contributed by atoms with Gasteiger partial charge in [-0.25, -0.2) is 0 Å². The zero-order chi connectivity index (χ0) is 13.1. The fraction of sp³-hybridized carbons (Fsp3) is 0.800. The minimum absolute atomic E-state index is 0.513. The van der Waals surface area contributed by atoms with Crippen LogP contribution in [0.25, 0.3) is 0 Å². The molecular weight excluding hydrogens is 238 g/mol. The Morgan fingerprint density at radius 3 is 2.89 bits per heavy atom. The maximum absolute atomic E-state index is 5.37. The Kier molecular flexibility index (Phi) is 4.18. The molecule has 4 heteroatoms. The van der Waals surface area contributed by atoms with E-state index in [4.69, 9.17) is 4.52 Å². The van der Waals surface area contributed by atoms with Crippen molar-refractivity contribution in [2.75, 3.05) is 19.6 Å². The van der Waals surface area contributed by atoms with E-state index in [1.807, 2.05) is 0 Å². The second kappa shape index (κ2) is 6.06. The van der Waals surface area contributed by atoms with Gasteiger partial charge in [-0.2, -0.15) is 0 Å². The van der Waals surface area contributed by atoms with Crippen LogP contribution in [0, 0.1) is 0 Å². The molecule has 2 aliphatic rings. The zero-order valence-electron chi connectivity index (χ0n) is 11.9. The number of hydrogen-bond donors (Lipinski definition) is 1. The third kappa shape index (κ3) is 3.80. The van der Waals surface area contributed by atoms with Gasteiger partial charge >= 0.3 is 0 Å². The Bertz CT molecular complexity index is 394. The molecule has 1 aromatic heterocycles. The number of hydrogen-bond acceptors (Lipinski definition) is 4. The van der Waals surface area contributed by atoms with E-state index in [1.54, 1.807) is 0 Å². The summed E-state index contributed by atoms with van der Waals surface area (Å²) in [6, 6.07) is 2.64. The van der Waals surface area contributed by atoms with Gasteiger partial charge in [0, 0.05) is 31.1 Å². The molecule has 1 aliphatic heterocycles. The summed E-state index contributed by atoms with van der Waals surface area (Å²) < 4.78 is 5.37. The summed E-state index contributed by atoms with van der Waals surface area (Å²) in [5.74, 6) is 1.74. The van der Waals surface area contributed by atoms with Gasteiger partial charge in [-0.3, -0.25) is 0 Å². The number of nitrogens with zero attached hydrogens (tertiary/aromatic N) is 2. The standard InChI is InChI=1S/C15H25N3O/c1-12(11-18-7-3-2-4-8-18)16-10-14-9-15(19-17-14)13-5-6-13/h9,12-13,16H,2-8,10-11H2,1H3. The molecule has 1 saturated carbocycles. The smallest absolute Gasteiger partial charge is 0.140 e. The highest BCUT2D eigenvalue weighted by Crippen LogP contribution is 2.40. The molecule has 1 atom stereocenters. The van der Waals surface area contributed by atoms with Crippen LogP contribution in [0.2, 0.25) is 0 Å². The molecular formula is C15H25N3O. The quantitative estimate of drug-likeness (QED) is 0.856. The molecule has 19 heavy (non-hydrogen) atoms. The van der Waals surface area contributed by atoms with Gasteiger partial charge < -0.3 is 14.7 Å². The highest BCUT2D eigenvalue weighted by Gasteiger charge is 2.27. The lowest BCUT2D eigenvalue weighted by Crippen LogP contribution is -2.41. The largest absolute Gasteiger partial charge is 0.361 e. The van der Waals surface area contributed by atoms with Crippen molar-refractivity contribution < 1.29 is 4.52 Å². The first-order valence-corrected chi connectivity index (χ1v) is 7.72. The van der Waals surface area contributed by atoms with Crippen molar-refractivity contribution in [2.24, 2.45) is 0 Å². The van der Waals surface area contributed by atoms with Crippen LogP contribution in [0.5, 0.6) is 0 Å². The van der Waals surface area contributed by atoms with E-state index in [2.05, 4.69) is 28.4 Å². The molecule has 1 aliphatic carbocycles. The topological polar surface area (TPSA) is 41.3 Å². The predicted octanol–water partition coefficient (Wildman–Crippen LogP) is 2.52. The average Bonchev–Trinajstić information content (AvgIpc) is 3.17. The molecule has 106 valence electrons. The van der Waals surface area contributed by atoms with Gasteiger partial charge in [0.25, 0.3) is 0 Å². The molecule has 1 aromatic rings. The first-order valence-electron chi connectivity index (χ1n) is 7.72. The molecule has 4 nitrogen and oxygen atoms in total. The Hall–Kier alpha value is -0.870. The summed E-state index contributed by atoms with van der Waals surface area (Å²) in [7, 11) is 0. The van der Waals surface area contributed by atoms with Gasteiger partial charge in [-0.1, -0.05) is 11.6 Å². The number of aromatic nitrogens is 1. The maximum Gasteiger partial charge on any atom is 0.140 e. The number of nitrogens with one attached hydrogen (secondary N) is 1. The summed E-state index contributed by atoms with van der Waals surface area (Å²) in [4.78, 5) is 2.57. The van der Waals surface area contributed by atoms with Gasteiger partial charge in [0.15, 0.2) is 0 Å². The van der Waals surface area contributed by atoms with Gasteiger partial charge in [-0.05, 0) is 45.7 Å². The molecule has 0 bridgehead atoms. The normalized spacial score (nSPS) is 22.6. The van der Waals surface area contributed by atoms with E-state index in [0.717, 1.165) is 24.5 Å². The number of piperidine rings is 1. The fourth-order valence-electron chi connectivity index (χ4n) is 2.84. The lowest BCUT2D eigenvalue weighted by molar-refractivity contribution is 0.208. The highest BCUT2D eigenvalue weighted by molar-refractivity contribution is 5.14. The molecule has 0 spiro atoms. The van der Waals surface area contributed by atoms with Crippen LogP contribution in [-0.2, 0) is 6.54 Å². The van der Waals surface area contributed by atoms with Crippen molar-refractivity contribution in [1.82, 2.24) is 15.4 Å². The summed E-state index contributed by atoms with van der Waals surface area (Å²) in [6.45, 7) is 6.76. The first kappa shape index (κ1) is 13.1. The van der Waals surface area contributed by atoms with Crippen molar-refractivity contribution in [3.63, 3.8) is 0 Å². The maximum atomic E-state index is 5.37. The molecule has 1 unspecified atom stereocenters. The van der Waals surface area contributed by atoms with Crippen LogP contribution in [0.15, 0.2) is 10.6 Å². The van der Waals surface area contributed by atoms with Crippen molar-refractivity contribution >= 4 is 0 Å². The van der Waals surface area contributed by atoms with E-state index in [-0.39, 0.29) is 0 Å². The molecule has 1 saturated heterocycles. The average molecular weight is 263 g/mol. The highest BCUT2D eigenvalue weighted by atomic mass is 16.5. The second-order valence-corrected chi connectivity index (χ2v) is 6.14. The van der Waals surface area contributed by atoms with Crippen LogP contribution < -0.4 is 5.32 Å². The molecule has 0 amide bonds. The first-order chi connectivity index (χ1) is 9.31. The lowest BCUT2D eigenvalue weighted by Gasteiger charge is -2.29. The Balaban J connectivity index is 1.40. The van der Waals surface area contributed by atoms with Gasteiger partial charge in [0.1, 0.15) is 5.76 Å². The Morgan fingerprint density at radius 2 is 2.16 bits per heavy atom. The molecule has 1 N–H and O–H groups in total. The van der Waals surface area contributed by atoms with Crippen molar-refractivity contribution in [1.29, 1.82) is 0 Å². The van der Waals surface area contributed by atoms with Crippen molar-refractivity contribution in [3.05, 3.63) is 17.5 Å². The van der Waals surface area contributed by atoms with Gasteiger partial charge in [-0.15, -0.1) is 0 Å². The summed E-state index contributed by atoms with van der Waals surface area (Å²) in [5, 5.41) is 7.70. The lowest BCUT2D eigenvalue weighted by atomic mass is 10.1. The van der Waals surface area contributed by atoms with E-state index >= 15 is 0 Å². The molecule has 2 heterocycles. The SMILES string of the molecule is CC(CN1CCCCC1)NCc1cc(C2CC2)on1. The van der Waals surface area contributed by atoms with Crippen LogP contribution in [0.3, 0.4) is 0 Å². The van der Waals surface area contributed by atoms with Crippen LogP contribution >= 0.6 is 0 Å². The van der Waals surface area contributed by atoms with Crippen molar-refractivity contribution in [2.45, 2.75) is 57.5 Å². The van der Waals surface area contributed by atoms with Crippen molar-refractivity contribution in [3.8, 4) is 0 Å². The van der Waals surface area contributed by atoms with E-state index in [9.17, 15) is 0 Å². The number of rotatable bonds is 6. The van der Waals surface area contributed by atoms with Gasteiger partial charge in [0.05, 0.1) is 5.69 Å². The molecule has 3 rings (SSSR count). The second-order valence-electron chi connectivity index (χ2n) is 6.14. The molecule has 0 aromatic carbocycles. The molecule has 2 fully saturated rings. The summed E-state index contributed by atoms with van der Waals surface area (Å²) in [6.07, 6.45) is 6.67. The third-order valence-corrected chi connectivity index (χ3v) is 4.17. The van der Waals surface area contributed by atoms with E-state index in [1.165, 1.54) is 45.2 Å².